The number of allylic oxidation sites excluding steroid dienone is 1. The van der Waals surface area contributed by atoms with E-state index in [-0.39, 0.29) is 17.1 Å². The van der Waals surface area contributed by atoms with Gasteiger partial charge in [-0.15, -0.1) is 5.10 Å². The molecule has 0 unspecified atom stereocenters. The molecule has 27 heavy (non-hydrogen) atoms. The lowest BCUT2D eigenvalue weighted by Gasteiger charge is -2.26. The number of nitrogens with zero attached hydrogens (tertiary/aromatic N) is 4. The first kappa shape index (κ1) is 16.4. The zero-order chi connectivity index (χ0) is 18.5. The number of fused-ring (bicyclic) bond motifs is 3. The molecular weight excluding hydrogens is 362 g/mol. The first-order valence-corrected chi connectivity index (χ1v) is 9.46. The van der Waals surface area contributed by atoms with Crippen LogP contribution in [0.2, 0.25) is 5.28 Å². The summed E-state index contributed by atoms with van der Waals surface area (Å²) in [7, 11) is 0. The fourth-order valence-electron chi connectivity index (χ4n) is 4.20. The van der Waals surface area contributed by atoms with Crippen molar-refractivity contribution < 1.29 is 4.79 Å². The molecule has 2 aromatic heterocycles. The maximum absolute atomic E-state index is 11.8. The molecule has 0 amide bonds. The van der Waals surface area contributed by atoms with Crippen LogP contribution >= 0.6 is 11.6 Å². The second kappa shape index (κ2) is 6.16. The van der Waals surface area contributed by atoms with Gasteiger partial charge in [-0.2, -0.15) is 4.98 Å². The Hall–Kier alpha value is -2.73. The number of Topliss-reactive ketones (excluding diaryl/α,β-unsaturated/α-hetero) is 1. The van der Waals surface area contributed by atoms with Gasteiger partial charge < -0.3 is 5.32 Å². The number of hydrogen-bond acceptors (Lipinski definition) is 5. The molecule has 1 N–H and O–H groups in total. The van der Waals surface area contributed by atoms with Crippen LogP contribution in [0.25, 0.3) is 11.2 Å². The number of carbonyl (C=O) groups is 1. The van der Waals surface area contributed by atoms with Crippen molar-refractivity contribution in [3.63, 3.8) is 0 Å². The van der Waals surface area contributed by atoms with E-state index in [1.54, 1.807) is 5.57 Å². The van der Waals surface area contributed by atoms with E-state index in [4.69, 9.17) is 11.6 Å². The van der Waals surface area contributed by atoms with Gasteiger partial charge in [0.2, 0.25) is 5.28 Å². The van der Waals surface area contributed by atoms with Crippen LogP contribution in [0.5, 0.6) is 0 Å². The third kappa shape index (κ3) is 2.72. The van der Waals surface area contributed by atoms with Crippen LogP contribution in [0.1, 0.15) is 47.8 Å². The van der Waals surface area contributed by atoms with Gasteiger partial charge in [-0.3, -0.25) is 4.79 Å². The summed E-state index contributed by atoms with van der Waals surface area (Å²) in [5.74, 6) is 0.459. The van der Waals surface area contributed by atoms with Gasteiger partial charge in [0.05, 0.1) is 6.20 Å². The van der Waals surface area contributed by atoms with Gasteiger partial charge in [0.1, 0.15) is 5.69 Å². The highest BCUT2D eigenvalue weighted by Gasteiger charge is 2.28. The molecule has 0 spiro atoms. The van der Waals surface area contributed by atoms with Gasteiger partial charge in [-0.05, 0) is 54.0 Å². The minimum absolute atomic E-state index is 0.0902. The van der Waals surface area contributed by atoms with Gasteiger partial charge in [0, 0.05) is 13.0 Å². The van der Waals surface area contributed by atoms with Crippen LogP contribution in [0.4, 0.5) is 5.82 Å². The molecule has 5 rings (SSSR count). The second-order valence-corrected chi connectivity index (χ2v) is 7.50. The Morgan fingerprint density at radius 1 is 1.33 bits per heavy atom. The Balaban J connectivity index is 1.46. The van der Waals surface area contributed by atoms with E-state index < -0.39 is 0 Å². The third-order valence-corrected chi connectivity index (χ3v) is 5.62. The van der Waals surface area contributed by atoms with E-state index in [9.17, 15) is 4.79 Å². The van der Waals surface area contributed by atoms with E-state index >= 15 is 0 Å². The summed E-state index contributed by atoms with van der Waals surface area (Å²) in [4.78, 5) is 20.4. The topological polar surface area (TPSA) is 72.2 Å². The average molecular weight is 380 g/mol. The van der Waals surface area contributed by atoms with Gasteiger partial charge in [-0.1, -0.05) is 29.8 Å². The highest BCUT2D eigenvalue weighted by Crippen LogP contribution is 2.42. The summed E-state index contributed by atoms with van der Waals surface area (Å²) in [5.41, 5.74) is 6.74. The standard InChI is InChI=1S/C20H18ClN5O/c1-11(27)17-10-22-19-18(24-20(21)25-26(17)19)23-14-7-6-13-8-12-4-2-3-5-15(12)16(13)9-14/h2-5,10,14H,6-9H2,1H3,(H,23,24,25)/t14-/m1/s1. The zero-order valence-electron chi connectivity index (χ0n) is 14.9. The summed E-state index contributed by atoms with van der Waals surface area (Å²) in [5, 5.41) is 7.72. The molecule has 2 aliphatic carbocycles. The number of rotatable bonds is 3. The Labute approximate surface area is 161 Å². The van der Waals surface area contributed by atoms with Crippen LogP contribution in [-0.2, 0) is 6.42 Å². The van der Waals surface area contributed by atoms with E-state index in [0.29, 0.717) is 17.2 Å². The summed E-state index contributed by atoms with van der Waals surface area (Å²) < 4.78 is 1.47. The largest absolute Gasteiger partial charge is 0.364 e. The molecule has 3 aromatic rings. The quantitative estimate of drug-likeness (QED) is 0.697. The van der Waals surface area contributed by atoms with Gasteiger partial charge >= 0.3 is 0 Å². The summed E-state index contributed by atoms with van der Waals surface area (Å²) in [6.07, 6.45) is 5.64. The molecule has 6 nitrogen and oxygen atoms in total. The van der Waals surface area contributed by atoms with Crippen molar-refractivity contribution in [3.05, 3.63) is 58.1 Å². The van der Waals surface area contributed by atoms with Crippen molar-refractivity contribution in [1.82, 2.24) is 19.6 Å². The Morgan fingerprint density at radius 2 is 2.19 bits per heavy atom. The summed E-state index contributed by atoms with van der Waals surface area (Å²) >= 11 is 6.10. The average Bonchev–Trinajstić information content (AvgIpc) is 3.23. The van der Waals surface area contributed by atoms with Crippen molar-refractivity contribution in [2.45, 2.75) is 38.6 Å². The molecule has 0 saturated carbocycles. The normalized spacial score (nSPS) is 18.5. The monoisotopic (exact) mass is 379 g/mol. The number of hydrogen-bond donors (Lipinski definition) is 1. The number of benzene rings is 1. The lowest BCUT2D eigenvalue weighted by atomic mass is 9.88. The predicted molar refractivity (Wildman–Crippen MR) is 104 cm³/mol. The molecule has 0 bridgehead atoms. The smallest absolute Gasteiger partial charge is 0.243 e. The molecule has 0 saturated heterocycles. The molecule has 2 heterocycles. The second-order valence-electron chi connectivity index (χ2n) is 7.16. The highest BCUT2D eigenvalue weighted by atomic mass is 35.5. The number of carbonyl (C=O) groups excluding carboxylic acids is 1. The van der Waals surface area contributed by atoms with Crippen LogP contribution in [0.15, 0.2) is 36.0 Å². The molecule has 1 atom stereocenters. The number of ketones is 1. The number of aromatic nitrogens is 4. The van der Waals surface area contributed by atoms with E-state index in [1.807, 2.05) is 0 Å². The van der Waals surface area contributed by atoms with E-state index in [0.717, 1.165) is 25.7 Å². The highest BCUT2D eigenvalue weighted by molar-refractivity contribution is 6.28. The third-order valence-electron chi connectivity index (χ3n) is 5.46. The lowest BCUT2D eigenvalue weighted by Crippen LogP contribution is -2.24. The Morgan fingerprint density at radius 3 is 3.04 bits per heavy atom. The molecule has 2 aliphatic rings. The van der Waals surface area contributed by atoms with Crippen molar-refractivity contribution in [1.29, 1.82) is 0 Å². The summed E-state index contributed by atoms with van der Waals surface area (Å²) in [6.45, 7) is 1.49. The fraction of sp³-hybridized carbons (Fsp3) is 0.300. The number of imidazole rings is 1. The van der Waals surface area contributed by atoms with Crippen LogP contribution in [-0.4, -0.2) is 31.4 Å². The number of anilines is 1. The van der Waals surface area contributed by atoms with Crippen LogP contribution in [0.3, 0.4) is 0 Å². The lowest BCUT2D eigenvalue weighted by molar-refractivity contribution is 0.101. The number of nitrogens with one attached hydrogen (secondary N) is 1. The molecule has 0 aliphatic heterocycles. The Kier molecular flexibility index (Phi) is 3.75. The van der Waals surface area contributed by atoms with Crippen molar-refractivity contribution in [2.75, 3.05) is 5.32 Å². The fourth-order valence-corrected chi connectivity index (χ4v) is 4.36. The first-order valence-electron chi connectivity index (χ1n) is 9.08. The van der Waals surface area contributed by atoms with Gasteiger partial charge in [0.25, 0.3) is 0 Å². The maximum atomic E-state index is 11.8. The van der Waals surface area contributed by atoms with Crippen molar-refractivity contribution >= 4 is 34.4 Å². The van der Waals surface area contributed by atoms with Crippen LogP contribution < -0.4 is 5.32 Å². The molecule has 0 fully saturated rings. The van der Waals surface area contributed by atoms with E-state index in [1.165, 1.54) is 34.3 Å². The van der Waals surface area contributed by atoms with Crippen molar-refractivity contribution in [3.8, 4) is 0 Å². The molecular formula is C20H18ClN5O. The Bertz CT molecular complexity index is 1120. The van der Waals surface area contributed by atoms with Crippen LogP contribution in [0, 0.1) is 0 Å². The summed E-state index contributed by atoms with van der Waals surface area (Å²) in [6, 6.07) is 8.89. The van der Waals surface area contributed by atoms with E-state index in [2.05, 4.69) is 44.6 Å². The molecule has 0 radical (unpaired) electrons. The van der Waals surface area contributed by atoms with Crippen molar-refractivity contribution in [2.24, 2.45) is 0 Å². The van der Waals surface area contributed by atoms with Gasteiger partial charge in [-0.25, -0.2) is 9.50 Å². The molecule has 7 heteroatoms. The molecule has 136 valence electrons. The minimum Gasteiger partial charge on any atom is -0.364 e. The maximum Gasteiger partial charge on any atom is 0.243 e. The number of halogens is 1. The first-order chi connectivity index (χ1) is 13.1. The van der Waals surface area contributed by atoms with Gasteiger partial charge in [0.15, 0.2) is 17.2 Å². The predicted octanol–water partition coefficient (Wildman–Crippen LogP) is 3.95. The SMILES string of the molecule is CC(=O)c1cnc2c(N[C@@H]3CCC4=C(C3)c3ccccc3C4)nc(Cl)nn12. The molecule has 1 aromatic carbocycles. The zero-order valence-corrected chi connectivity index (χ0v) is 15.6. The minimum atomic E-state index is -0.113.